The molecule has 2 atom stereocenters. The zero-order valence-electron chi connectivity index (χ0n) is 20.1. The molecule has 3 aliphatic rings. The third-order valence-electron chi connectivity index (χ3n) is 7.03. The number of aromatic nitrogens is 1. The molecule has 5 rings (SSSR count). The van der Waals surface area contributed by atoms with Gasteiger partial charge < -0.3 is 14.5 Å². The predicted octanol–water partition coefficient (Wildman–Crippen LogP) is 5.21. The van der Waals surface area contributed by atoms with Crippen molar-refractivity contribution in [3.63, 3.8) is 0 Å². The molecule has 2 fully saturated rings. The number of anilines is 2. The smallest absolute Gasteiger partial charge is 0.414 e. The molecule has 1 aromatic heterocycles. The molecule has 0 N–H and O–H groups in total. The fourth-order valence-corrected chi connectivity index (χ4v) is 6.16. The Labute approximate surface area is 207 Å². The lowest BCUT2D eigenvalue weighted by Crippen LogP contribution is -2.35. The van der Waals surface area contributed by atoms with E-state index in [0.29, 0.717) is 40.9 Å². The van der Waals surface area contributed by atoms with E-state index in [2.05, 4.69) is 37.8 Å². The number of likely N-dealkylation sites (tertiary alicyclic amines) is 1. The van der Waals surface area contributed by atoms with Crippen molar-refractivity contribution in [1.82, 2.24) is 9.88 Å². The summed E-state index contributed by atoms with van der Waals surface area (Å²) in [6.07, 6.45) is 2.50. The molecule has 1 aliphatic carbocycles. The Bertz CT molecular complexity index is 1180. The predicted molar refractivity (Wildman–Crippen MR) is 131 cm³/mol. The minimum absolute atomic E-state index is 0.194. The molecule has 0 bridgehead atoms. The summed E-state index contributed by atoms with van der Waals surface area (Å²) >= 11 is 3.65. The summed E-state index contributed by atoms with van der Waals surface area (Å²) in [4.78, 5) is 23.2. The highest BCUT2D eigenvalue weighted by Crippen LogP contribution is 2.51. The summed E-state index contributed by atoms with van der Waals surface area (Å²) in [5.74, 6) is -1.36. The molecule has 9 heteroatoms. The number of likely N-dealkylation sites (N-methyl/N-ethyl adjacent to an activating group) is 1. The van der Waals surface area contributed by atoms with Crippen molar-refractivity contribution in [1.29, 1.82) is 0 Å². The van der Waals surface area contributed by atoms with Crippen molar-refractivity contribution < 1.29 is 18.3 Å². The Morgan fingerprint density at radius 1 is 1.26 bits per heavy atom. The molecule has 1 amide bonds. The van der Waals surface area contributed by atoms with Crippen LogP contribution in [0.2, 0.25) is 0 Å². The first-order valence-electron chi connectivity index (χ1n) is 11.6. The SMILES string of the molecule is CN1C[C@@H]2CCN(c3c(Br)cnc4c3-c3c(F)c(F)cc(N(C)C(=O)OC(C)(C)C)c3C4)[C@@H]2C1. The minimum Gasteiger partial charge on any atom is -0.443 e. The molecule has 182 valence electrons. The molecule has 34 heavy (non-hydrogen) atoms. The van der Waals surface area contributed by atoms with Gasteiger partial charge in [0.15, 0.2) is 11.6 Å². The first-order chi connectivity index (χ1) is 16.0. The molecule has 0 spiro atoms. The number of hydrogen-bond acceptors (Lipinski definition) is 5. The fraction of sp³-hybridized carbons (Fsp3) is 0.520. The Hall–Kier alpha value is -2.26. The van der Waals surface area contributed by atoms with Gasteiger partial charge in [-0.3, -0.25) is 9.88 Å². The van der Waals surface area contributed by atoms with Crippen LogP contribution >= 0.6 is 15.9 Å². The van der Waals surface area contributed by atoms with Gasteiger partial charge in [-0.1, -0.05) is 0 Å². The quantitative estimate of drug-likeness (QED) is 0.452. The first-order valence-corrected chi connectivity index (χ1v) is 12.4. The molecule has 0 unspecified atom stereocenters. The van der Waals surface area contributed by atoms with Gasteiger partial charge in [-0.2, -0.15) is 0 Å². The van der Waals surface area contributed by atoms with Crippen LogP contribution in [0.3, 0.4) is 0 Å². The van der Waals surface area contributed by atoms with Gasteiger partial charge in [0.2, 0.25) is 0 Å². The number of hydrogen-bond donors (Lipinski definition) is 0. The normalized spacial score (nSPS) is 21.5. The van der Waals surface area contributed by atoms with Crippen molar-refractivity contribution in [2.24, 2.45) is 5.92 Å². The molecule has 0 saturated carbocycles. The first kappa shape index (κ1) is 23.5. The van der Waals surface area contributed by atoms with Gasteiger partial charge in [-0.25, -0.2) is 13.6 Å². The lowest BCUT2D eigenvalue weighted by Gasteiger charge is -2.30. The maximum atomic E-state index is 15.4. The monoisotopic (exact) mass is 534 g/mol. The van der Waals surface area contributed by atoms with Crippen LogP contribution in [-0.2, 0) is 11.2 Å². The summed E-state index contributed by atoms with van der Waals surface area (Å²) in [6.45, 7) is 8.12. The number of carbonyl (C=O) groups is 1. The standard InChI is InChI=1S/C25H29BrF2N4O2/c1-25(2,3)34-24(33)31(5)18-9-16(27)22(28)20-14(18)8-17-21(20)23(15(26)10-29-17)32-7-6-13-11-30(4)12-19(13)32/h9-10,13,19H,6-8,11-12H2,1-5H3/t13-,19+/m0/s1. The largest absolute Gasteiger partial charge is 0.443 e. The van der Waals surface area contributed by atoms with Crippen molar-refractivity contribution in [3.8, 4) is 11.1 Å². The zero-order chi connectivity index (χ0) is 24.5. The van der Waals surface area contributed by atoms with E-state index in [1.807, 2.05) is 0 Å². The fourth-order valence-electron chi connectivity index (χ4n) is 5.63. The van der Waals surface area contributed by atoms with Crippen LogP contribution in [-0.4, -0.2) is 61.3 Å². The van der Waals surface area contributed by atoms with Crippen LogP contribution in [0.15, 0.2) is 16.7 Å². The van der Waals surface area contributed by atoms with E-state index in [-0.39, 0.29) is 5.56 Å². The molecule has 2 saturated heterocycles. The second kappa shape index (κ2) is 8.16. The molecule has 2 aliphatic heterocycles. The highest BCUT2D eigenvalue weighted by atomic mass is 79.9. The zero-order valence-corrected chi connectivity index (χ0v) is 21.7. The Morgan fingerprint density at radius 3 is 2.71 bits per heavy atom. The van der Waals surface area contributed by atoms with Gasteiger partial charge in [0.05, 0.1) is 21.5 Å². The topological polar surface area (TPSA) is 48.9 Å². The van der Waals surface area contributed by atoms with Crippen molar-refractivity contribution in [2.75, 3.05) is 43.5 Å². The number of halogens is 3. The minimum atomic E-state index is -0.997. The van der Waals surface area contributed by atoms with Crippen molar-refractivity contribution >= 4 is 33.4 Å². The average molecular weight is 535 g/mol. The van der Waals surface area contributed by atoms with Crippen LogP contribution in [0, 0.1) is 17.6 Å². The van der Waals surface area contributed by atoms with Crippen LogP contribution < -0.4 is 9.80 Å². The third kappa shape index (κ3) is 3.77. The highest BCUT2D eigenvalue weighted by Gasteiger charge is 2.43. The molecule has 3 heterocycles. The number of fused-ring (bicyclic) bond motifs is 4. The van der Waals surface area contributed by atoms with Crippen LogP contribution in [0.25, 0.3) is 11.1 Å². The van der Waals surface area contributed by atoms with Crippen molar-refractivity contribution in [3.05, 3.63) is 39.6 Å². The number of carbonyl (C=O) groups excluding carboxylic acids is 1. The lowest BCUT2D eigenvalue weighted by molar-refractivity contribution is 0.0589. The van der Waals surface area contributed by atoms with Gasteiger partial charge in [-0.15, -0.1) is 0 Å². The molecule has 1 aromatic carbocycles. The van der Waals surface area contributed by atoms with E-state index in [0.717, 1.165) is 42.3 Å². The number of benzene rings is 1. The maximum Gasteiger partial charge on any atom is 0.414 e. The summed E-state index contributed by atoms with van der Waals surface area (Å²) < 4.78 is 36.6. The average Bonchev–Trinajstić information content (AvgIpc) is 3.41. The van der Waals surface area contributed by atoms with Crippen LogP contribution in [0.5, 0.6) is 0 Å². The van der Waals surface area contributed by atoms with Gasteiger partial charge in [0.1, 0.15) is 5.60 Å². The second-order valence-electron chi connectivity index (χ2n) is 10.6. The Morgan fingerprint density at radius 2 is 2.00 bits per heavy atom. The molecular formula is C25H29BrF2N4O2. The maximum absolute atomic E-state index is 15.4. The van der Waals surface area contributed by atoms with Gasteiger partial charge in [0, 0.05) is 62.5 Å². The van der Waals surface area contributed by atoms with Gasteiger partial charge in [-0.05, 0) is 61.7 Å². The van der Waals surface area contributed by atoms with E-state index in [9.17, 15) is 9.18 Å². The molecular weight excluding hydrogens is 506 g/mol. The number of nitrogens with zero attached hydrogens (tertiary/aromatic N) is 4. The summed E-state index contributed by atoms with van der Waals surface area (Å²) in [5, 5.41) is 0. The summed E-state index contributed by atoms with van der Waals surface area (Å²) in [6, 6.07) is 1.40. The van der Waals surface area contributed by atoms with E-state index >= 15 is 4.39 Å². The van der Waals surface area contributed by atoms with Crippen molar-refractivity contribution in [2.45, 2.75) is 45.3 Å². The highest BCUT2D eigenvalue weighted by molar-refractivity contribution is 9.10. The number of ether oxygens (including phenoxy) is 1. The third-order valence-corrected chi connectivity index (χ3v) is 7.61. The van der Waals surface area contributed by atoms with E-state index in [1.54, 1.807) is 27.0 Å². The van der Waals surface area contributed by atoms with E-state index < -0.39 is 23.3 Å². The Kier molecular flexibility index (Phi) is 5.63. The molecule has 2 aromatic rings. The number of rotatable bonds is 2. The summed E-state index contributed by atoms with van der Waals surface area (Å²) in [7, 11) is 3.64. The second-order valence-corrected chi connectivity index (χ2v) is 11.4. The van der Waals surface area contributed by atoms with E-state index in [1.165, 1.54) is 11.9 Å². The lowest BCUT2D eigenvalue weighted by atomic mass is 10.0. The number of pyridine rings is 1. The van der Waals surface area contributed by atoms with E-state index in [4.69, 9.17) is 4.74 Å². The Balaban J connectivity index is 1.64. The number of amides is 1. The van der Waals surface area contributed by atoms with Crippen LogP contribution in [0.4, 0.5) is 25.0 Å². The van der Waals surface area contributed by atoms with Crippen LogP contribution in [0.1, 0.15) is 38.4 Å². The molecule has 6 nitrogen and oxygen atoms in total. The molecule has 0 radical (unpaired) electrons. The van der Waals surface area contributed by atoms with Gasteiger partial charge >= 0.3 is 6.09 Å². The van der Waals surface area contributed by atoms with Gasteiger partial charge in [0.25, 0.3) is 0 Å². The summed E-state index contributed by atoms with van der Waals surface area (Å²) in [5.41, 5.74) is 2.50.